The Labute approximate surface area is 167 Å². The SMILES string of the molecule is CN(Cc1nc2sc3c(c2c(=O)[nH]1)CCC3)CC(O)COCc1ccccc1. The summed E-state index contributed by atoms with van der Waals surface area (Å²) in [6, 6.07) is 9.90. The van der Waals surface area contributed by atoms with Gasteiger partial charge in [0.1, 0.15) is 10.7 Å². The molecule has 1 aromatic carbocycles. The van der Waals surface area contributed by atoms with Gasteiger partial charge in [-0.1, -0.05) is 30.3 Å². The van der Waals surface area contributed by atoms with Crippen molar-refractivity contribution in [3.63, 3.8) is 0 Å². The number of nitrogens with zero attached hydrogens (tertiary/aromatic N) is 2. The molecule has 1 aliphatic rings. The lowest BCUT2D eigenvalue weighted by Gasteiger charge is -2.20. The fourth-order valence-corrected chi connectivity index (χ4v) is 5.02. The van der Waals surface area contributed by atoms with Crippen LogP contribution >= 0.6 is 11.3 Å². The van der Waals surface area contributed by atoms with Crippen LogP contribution in [-0.4, -0.2) is 46.3 Å². The van der Waals surface area contributed by atoms with Crippen molar-refractivity contribution >= 4 is 21.6 Å². The molecule has 28 heavy (non-hydrogen) atoms. The van der Waals surface area contributed by atoms with E-state index >= 15 is 0 Å². The van der Waals surface area contributed by atoms with Gasteiger partial charge in [-0.05, 0) is 37.4 Å². The van der Waals surface area contributed by atoms with E-state index in [0.29, 0.717) is 25.5 Å². The maximum Gasteiger partial charge on any atom is 0.259 e. The van der Waals surface area contributed by atoms with Crippen molar-refractivity contribution < 1.29 is 9.84 Å². The number of fused-ring (bicyclic) bond motifs is 3. The average molecular weight is 400 g/mol. The number of rotatable bonds is 8. The van der Waals surface area contributed by atoms with Crippen LogP contribution in [0.1, 0.15) is 28.2 Å². The quantitative estimate of drug-likeness (QED) is 0.608. The molecule has 0 radical (unpaired) electrons. The van der Waals surface area contributed by atoms with Crippen molar-refractivity contribution in [2.75, 3.05) is 20.2 Å². The molecule has 3 aromatic rings. The van der Waals surface area contributed by atoms with Gasteiger partial charge in [0, 0.05) is 11.4 Å². The summed E-state index contributed by atoms with van der Waals surface area (Å²) in [7, 11) is 1.90. The number of aromatic nitrogens is 2. The molecule has 1 atom stereocenters. The molecule has 0 saturated carbocycles. The monoisotopic (exact) mass is 399 g/mol. The van der Waals surface area contributed by atoms with Gasteiger partial charge in [-0.3, -0.25) is 9.69 Å². The summed E-state index contributed by atoms with van der Waals surface area (Å²) >= 11 is 1.65. The number of H-pyrrole nitrogens is 1. The lowest BCUT2D eigenvalue weighted by molar-refractivity contribution is 0.0124. The first-order valence-corrected chi connectivity index (χ1v) is 10.4. The molecule has 0 fully saturated rings. The predicted octanol–water partition coefficient (Wildman–Crippen LogP) is 2.48. The van der Waals surface area contributed by atoms with E-state index in [1.165, 1.54) is 10.4 Å². The second-order valence-electron chi connectivity index (χ2n) is 7.40. The molecule has 0 aliphatic heterocycles. The average Bonchev–Trinajstić information content (AvgIpc) is 3.23. The maximum atomic E-state index is 12.5. The number of likely N-dealkylation sites (N-methyl/N-ethyl adjacent to an activating group) is 1. The van der Waals surface area contributed by atoms with Gasteiger partial charge >= 0.3 is 0 Å². The molecule has 2 aromatic heterocycles. The van der Waals surface area contributed by atoms with Gasteiger partial charge in [-0.15, -0.1) is 11.3 Å². The minimum absolute atomic E-state index is 0.0421. The first kappa shape index (κ1) is 19.3. The third kappa shape index (κ3) is 4.33. The number of hydrogen-bond donors (Lipinski definition) is 2. The summed E-state index contributed by atoms with van der Waals surface area (Å²) in [5.74, 6) is 0.636. The second-order valence-corrected chi connectivity index (χ2v) is 8.49. The highest BCUT2D eigenvalue weighted by Gasteiger charge is 2.21. The highest BCUT2D eigenvalue weighted by Crippen LogP contribution is 2.34. The molecule has 148 valence electrons. The Kier molecular flexibility index (Phi) is 5.87. The fraction of sp³-hybridized carbons (Fsp3) is 0.429. The van der Waals surface area contributed by atoms with E-state index in [9.17, 15) is 9.90 Å². The maximum absolute atomic E-state index is 12.5. The molecule has 0 saturated heterocycles. The largest absolute Gasteiger partial charge is 0.389 e. The van der Waals surface area contributed by atoms with E-state index in [1.54, 1.807) is 11.3 Å². The Hall–Kier alpha value is -2.06. The number of aromatic amines is 1. The number of benzene rings is 1. The standard InChI is InChI=1S/C21H25N3O3S/c1-24(10-15(25)13-27-12-14-6-3-2-4-7-14)11-18-22-20(26)19-16-8-5-9-17(16)28-21(19)23-18/h2-4,6-7,15,25H,5,8-13H2,1H3,(H,22,23,26). The summed E-state index contributed by atoms with van der Waals surface area (Å²) in [6.07, 6.45) is 2.56. The molecule has 1 unspecified atom stereocenters. The van der Waals surface area contributed by atoms with Crippen LogP contribution in [0.2, 0.25) is 0 Å². The van der Waals surface area contributed by atoms with E-state index in [1.807, 2.05) is 42.3 Å². The summed E-state index contributed by atoms with van der Waals surface area (Å²) in [5, 5.41) is 11.0. The van der Waals surface area contributed by atoms with Crippen LogP contribution in [0.3, 0.4) is 0 Å². The molecule has 0 spiro atoms. The van der Waals surface area contributed by atoms with Crippen LogP contribution in [0.5, 0.6) is 0 Å². The zero-order valence-corrected chi connectivity index (χ0v) is 16.8. The minimum atomic E-state index is -0.602. The van der Waals surface area contributed by atoms with Gasteiger partial charge < -0.3 is 14.8 Å². The molecule has 2 heterocycles. The molecule has 7 heteroatoms. The van der Waals surface area contributed by atoms with E-state index in [4.69, 9.17) is 4.74 Å². The van der Waals surface area contributed by atoms with Crippen LogP contribution in [0.4, 0.5) is 0 Å². The number of aliphatic hydroxyl groups is 1. The Morgan fingerprint density at radius 2 is 2.14 bits per heavy atom. The zero-order chi connectivity index (χ0) is 19.5. The van der Waals surface area contributed by atoms with E-state index in [2.05, 4.69) is 9.97 Å². The lowest BCUT2D eigenvalue weighted by atomic mass is 10.2. The Morgan fingerprint density at radius 1 is 1.32 bits per heavy atom. The van der Waals surface area contributed by atoms with Crippen LogP contribution < -0.4 is 5.56 Å². The van der Waals surface area contributed by atoms with Crippen LogP contribution in [-0.2, 0) is 30.7 Å². The lowest BCUT2D eigenvalue weighted by Crippen LogP contribution is -2.32. The van der Waals surface area contributed by atoms with Crippen molar-refractivity contribution in [2.45, 2.75) is 38.5 Å². The third-order valence-corrected chi connectivity index (χ3v) is 6.17. The van der Waals surface area contributed by atoms with Gasteiger partial charge in [-0.2, -0.15) is 0 Å². The topological polar surface area (TPSA) is 78.5 Å². The Balaban J connectivity index is 1.32. The number of nitrogens with one attached hydrogen (secondary N) is 1. The van der Waals surface area contributed by atoms with Gasteiger partial charge in [-0.25, -0.2) is 4.98 Å². The second kappa shape index (κ2) is 8.53. The van der Waals surface area contributed by atoms with E-state index in [0.717, 1.165) is 35.0 Å². The number of hydrogen-bond acceptors (Lipinski definition) is 6. The smallest absolute Gasteiger partial charge is 0.259 e. The number of aryl methyl sites for hydroxylation is 2. The van der Waals surface area contributed by atoms with Crippen LogP contribution in [0.15, 0.2) is 35.1 Å². The van der Waals surface area contributed by atoms with Gasteiger partial charge in [0.25, 0.3) is 5.56 Å². The van der Waals surface area contributed by atoms with Crippen molar-refractivity contribution in [1.82, 2.24) is 14.9 Å². The predicted molar refractivity (Wildman–Crippen MR) is 111 cm³/mol. The van der Waals surface area contributed by atoms with Gasteiger partial charge in [0.05, 0.1) is 31.2 Å². The van der Waals surface area contributed by atoms with Gasteiger partial charge in [0.2, 0.25) is 0 Å². The normalized spacial score (nSPS) is 14.7. The first-order chi connectivity index (χ1) is 13.6. The van der Waals surface area contributed by atoms with Crippen LogP contribution in [0, 0.1) is 0 Å². The molecule has 0 bridgehead atoms. The molecule has 0 amide bonds. The summed E-state index contributed by atoms with van der Waals surface area (Å²) in [5.41, 5.74) is 2.24. The molecule has 1 aliphatic carbocycles. The number of ether oxygens (including phenoxy) is 1. The van der Waals surface area contributed by atoms with Crippen molar-refractivity contribution in [2.24, 2.45) is 0 Å². The van der Waals surface area contributed by atoms with Crippen LogP contribution in [0.25, 0.3) is 10.2 Å². The Bertz CT molecular complexity index is 999. The Morgan fingerprint density at radius 3 is 2.96 bits per heavy atom. The highest BCUT2D eigenvalue weighted by molar-refractivity contribution is 7.18. The highest BCUT2D eigenvalue weighted by atomic mass is 32.1. The van der Waals surface area contributed by atoms with E-state index in [-0.39, 0.29) is 12.2 Å². The zero-order valence-electron chi connectivity index (χ0n) is 16.0. The molecular formula is C21H25N3O3S. The number of aliphatic hydroxyl groups excluding tert-OH is 1. The third-order valence-electron chi connectivity index (χ3n) is 4.99. The first-order valence-electron chi connectivity index (χ1n) is 9.62. The molecule has 6 nitrogen and oxygen atoms in total. The van der Waals surface area contributed by atoms with Crippen molar-refractivity contribution in [1.29, 1.82) is 0 Å². The molecular weight excluding hydrogens is 374 g/mol. The minimum Gasteiger partial charge on any atom is -0.389 e. The molecule has 4 rings (SSSR count). The van der Waals surface area contributed by atoms with E-state index < -0.39 is 6.10 Å². The number of thiophene rings is 1. The van der Waals surface area contributed by atoms with Gasteiger partial charge in [0.15, 0.2) is 0 Å². The van der Waals surface area contributed by atoms with Crippen molar-refractivity contribution in [3.8, 4) is 0 Å². The fourth-order valence-electron chi connectivity index (χ4n) is 3.74. The summed E-state index contributed by atoms with van der Waals surface area (Å²) in [4.78, 5) is 24.2. The molecule has 2 N–H and O–H groups in total. The summed E-state index contributed by atoms with van der Waals surface area (Å²) < 4.78 is 5.60. The summed E-state index contributed by atoms with van der Waals surface area (Å²) in [6.45, 7) is 1.66. The van der Waals surface area contributed by atoms with Crippen molar-refractivity contribution in [3.05, 3.63) is 62.5 Å².